The molecule has 0 atom stereocenters. The molecule has 0 saturated carbocycles. The molecule has 102 valence electrons. The quantitative estimate of drug-likeness (QED) is 0.783. The van der Waals surface area contributed by atoms with Crippen LogP contribution in [-0.4, -0.2) is 12.2 Å². The van der Waals surface area contributed by atoms with Crippen molar-refractivity contribution in [2.45, 2.75) is 6.92 Å². The molecule has 0 fully saturated rings. The molecule has 0 amide bonds. The number of rotatable bonds is 2. The van der Waals surface area contributed by atoms with Crippen LogP contribution in [0.4, 0.5) is 0 Å². The Morgan fingerprint density at radius 3 is 2.75 bits per heavy atom. The Labute approximate surface area is 118 Å². The summed E-state index contributed by atoms with van der Waals surface area (Å²) in [4.78, 5) is 13.0. The van der Waals surface area contributed by atoms with E-state index in [1.807, 2.05) is 18.4 Å². The van der Waals surface area contributed by atoms with Crippen LogP contribution in [-0.2, 0) is 0 Å². The summed E-state index contributed by atoms with van der Waals surface area (Å²) in [5.41, 5.74) is 0.919. The Balaban J connectivity index is 2.36. The van der Waals surface area contributed by atoms with Crippen molar-refractivity contribution in [3.05, 3.63) is 45.4 Å². The predicted molar refractivity (Wildman–Crippen MR) is 78.8 cm³/mol. The number of methoxy groups -OCH3 is 1. The number of fused-ring (bicyclic) bond motifs is 1. The first-order valence-corrected chi connectivity index (χ1v) is 6.88. The number of aryl methyl sites for hydroxylation is 1. The predicted octanol–water partition coefficient (Wildman–Crippen LogP) is 3.54. The molecule has 3 aromatic rings. The summed E-state index contributed by atoms with van der Waals surface area (Å²) in [5.74, 6) is 0.455. The SMILES string of the molecule is COc1ccc2c(=O)c(O)c(-c3sccc3C)oc2c1. The minimum absolute atomic E-state index is 0.211. The van der Waals surface area contributed by atoms with E-state index < -0.39 is 5.43 Å². The maximum Gasteiger partial charge on any atom is 0.235 e. The molecule has 1 N–H and O–H groups in total. The molecule has 3 rings (SSSR count). The van der Waals surface area contributed by atoms with Gasteiger partial charge in [0.15, 0.2) is 5.76 Å². The molecule has 0 radical (unpaired) electrons. The third-order valence-electron chi connectivity index (χ3n) is 3.14. The van der Waals surface area contributed by atoms with Crippen LogP contribution in [0, 0.1) is 6.92 Å². The Bertz CT molecular complexity index is 845. The Hall–Kier alpha value is -2.27. The van der Waals surface area contributed by atoms with Crippen molar-refractivity contribution in [3.8, 4) is 22.1 Å². The third kappa shape index (κ3) is 1.87. The van der Waals surface area contributed by atoms with Gasteiger partial charge in [-0.1, -0.05) is 0 Å². The number of benzene rings is 1. The van der Waals surface area contributed by atoms with Crippen LogP contribution in [0.15, 0.2) is 38.9 Å². The molecule has 0 spiro atoms. The number of thiophene rings is 1. The van der Waals surface area contributed by atoms with Crippen LogP contribution in [0.2, 0.25) is 0 Å². The fourth-order valence-corrected chi connectivity index (χ4v) is 2.96. The van der Waals surface area contributed by atoms with E-state index in [1.165, 1.54) is 11.3 Å². The molecule has 0 aliphatic rings. The first-order chi connectivity index (χ1) is 9.61. The van der Waals surface area contributed by atoms with Gasteiger partial charge in [-0.2, -0.15) is 0 Å². The Morgan fingerprint density at radius 1 is 1.30 bits per heavy atom. The van der Waals surface area contributed by atoms with Crippen molar-refractivity contribution in [3.63, 3.8) is 0 Å². The van der Waals surface area contributed by atoms with Crippen molar-refractivity contribution in [2.24, 2.45) is 0 Å². The number of hydrogen-bond donors (Lipinski definition) is 1. The average molecular weight is 288 g/mol. The lowest BCUT2D eigenvalue weighted by Gasteiger charge is -2.06. The molecule has 4 nitrogen and oxygen atoms in total. The largest absolute Gasteiger partial charge is 0.501 e. The maximum atomic E-state index is 12.2. The van der Waals surface area contributed by atoms with Gasteiger partial charge in [0.25, 0.3) is 0 Å². The van der Waals surface area contributed by atoms with Gasteiger partial charge < -0.3 is 14.3 Å². The summed E-state index contributed by atoms with van der Waals surface area (Å²) in [6.07, 6.45) is 0. The molecule has 0 unspecified atom stereocenters. The standard InChI is InChI=1S/C15H12O4S/c1-8-5-6-20-15(8)14-13(17)12(16)10-4-3-9(18-2)7-11(10)19-14/h3-7,17H,1-2H3. The molecular formula is C15H12O4S. The molecule has 20 heavy (non-hydrogen) atoms. The second-order valence-electron chi connectivity index (χ2n) is 4.40. The van der Waals surface area contributed by atoms with E-state index in [0.29, 0.717) is 16.7 Å². The summed E-state index contributed by atoms with van der Waals surface area (Å²) >= 11 is 1.42. The van der Waals surface area contributed by atoms with Crippen molar-refractivity contribution in [1.29, 1.82) is 0 Å². The topological polar surface area (TPSA) is 59.7 Å². The first-order valence-electron chi connectivity index (χ1n) is 6.00. The van der Waals surface area contributed by atoms with Crippen LogP contribution in [0.5, 0.6) is 11.5 Å². The van der Waals surface area contributed by atoms with E-state index in [2.05, 4.69) is 0 Å². The van der Waals surface area contributed by atoms with Crippen molar-refractivity contribution in [1.82, 2.24) is 0 Å². The van der Waals surface area contributed by atoms with Crippen molar-refractivity contribution < 1.29 is 14.3 Å². The third-order valence-corrected chi connectivity index (χ3v) is 4.16. The normalized spacial score (nSPS) is 10.9. The highest BCUT2D eigenvalue weighted by Crippen LogP contribution is 2.36. The van der Waals surface area contributed by atoms with Crippen LogP contribution < -0.4 is 10.2 Å². The van der Waals surface area contributed by atoms with Gasteiger partial charge in [-0.3, -0.25) is 4.79 Å². The van der Waals surface area contributed by atoms with Gasteiger partial charge in [-0.15, -0.1) is 11.3 Å². The van der Waals surface area contributed by atoms with Gasteiger partial charge in [0.1, 0.15) is 11.3 Å². The first kappa shape index (κ1) is 12.7. The number of aromatic hydroxyl groups is 1. The monoisotopic (exact) mass is 288 g/mol. The minimum atomic E-state index is -0.434. The van der Waals surface area contributed by atoms with E-state index in [4.69, 9.17) is 9.15 Å². The van der Waals surface area contributed by atoms with Gasteiger partial charge in [0, 0.05) is 6.07 Å². The number of ether oxygens (including phenoxy) is 1. The zero-order chi connectivity index (χ0) is 14.3. The fraction of sp³-hybridized carbons (Fsp3) is 0.133. The molecule has 0 bridgehead atoms. The molecule has 0 saturated heterocycles. The summed E-state index contributed by atoms with van der Waals surface area (Å²) in [6, 6.07) is 6.80. The van der Waals surface area contributed by atoms with E-state index in [-0.39, 0.29) is 11.5 Å². The summed E-state index contributed by atoms with van der Waals surface area (Å²) in [7, 11) is 1.55. The van der Waals surface area contributed by atoms with Crippen molar-refractivity contribution in [2.75, 3.05) is 7.11 Å². The smallest absolute Gasteiger partial charge is 0.235 e. The lowest BCUT2D eigenvalue weighted by Crippen LogP contribution is -2.02. The van der Waals surface area contributed by atoms with E-state index in [0.717, 1.165) is 10.4 Å². The average Bonchev–Trinajstić information content (AvgIpc) is 2.88. The van der Waals surface area contributed by atoms with Gasteiger partial charge in [0.05, 0.1) is 17.4 Å². The van der Waals surface area contributed by atoms with E-state index in [1.54, 1.807) is 25.3 Å². The molecule has 5 heteroatoms. The summed E-state index contributed by atoms with van der Waals surface area (Å²) < 4.78 is 10.8. The van der Waals surface area contributed by atoms with Crippen molar-refractivity contribution >= 4 is 22.3 Å². The van der Waals surface area contributed by atoms with E-state index >= 15 is 0 Å². The second kappa shape index (κ2) is 4.68. The highest BCUT2D eigenvalue weighted by molar-refractivity contribution is 7.13. The number of hydrogen-bond acceptors (Lipinski definition) is 5. The highest BCUT2D eigenvalue weighted by atomic mass is 32.1. The summed E-state index contributed by atoms with van der Waals surface area (Å²) in [6.45, 7) is 1.90. The van der Waals surface area contributed by atoms with Crippen LogP contribution in [0.3, 0.4) is 0 Å². The molecule has 0 aliphatic carbocycles. The van der Waals surface area contributed by atoms with Gasteiger partial charge >= 0.3 is 0 Å². The zero-order valence-electron chi connectivity index (χ0n) is 11.0. The lowest BCUT2D eigenvalue weighted by atomic mass is 10.1. The van der Waals surface area contributed by atoms with Gasteiger partial charge in [0.2, 0.25) is 11.2 Å². The lowest BCUT2D eigenvalue weighted by molar-refractivity contribution is 0.413. The molecule has 2 aromatic heterocycles. The molecular weight excluding hydrogens is 276 g/mol. The van der Waals surface area contributed by atoms with Crippen LogP contribution in [0.25, 0.3) is 21.6 Å². The zero-order valence-corrected chi connectivity index (χ0v) is 11.8. The highest BCUT2D eigenvalue weighted by Gasteiger charge is 2.18. The summed E-state index contributed by atoms with van der Waals surface area (Å²) in [5, 5.41) is 12.3. The Kier molecular flexibility index (Phi) is 2.99. The minimum Gasteiger partial charge on any atom is -0.501 e. The fourth-order valence-electron chi connectivity index (χ4n) is 2.05. The maximum absolute atomic E-state index is 12.2. The van der Waals surface area contributed by atoms with Crippen LogP contribution in [0.1, 0.15) is 5.56 Å². The van der Waals surface area contributed by atoms with Crippen LogP contribution >= 0.6 is 11.3 Å². The Morgan fingerprint density at radius 2 is 2.10 bits per heavy atom. The van der Waals surface area contributed by atoms with E-state index in [9.17, 15) is 9.90 Å². The molecule has 2 heterocycles. The second-order valence-corrected chi connectivity index (χ2v) is 5.32. The van der Waals surface area contributed by atoms with Gasteiger partial charge in [-0.25, -0.2) is 0 Å². The van der Waals surface area contributed by atoms with Gasteiger partial charge in [-0.05, 0) is 36.1 Å². The molecule has 1 aromatic carbocycles. The molecule has 0 aliphatic heterocycles.